The highest BCUT2D eigenvalue weighted by Gasteiger charge is 2.06. The highest BCUT2D eigenvalue weighted by molar-refractivity contribution is 5.67. The predicted molar refractivity (Wildman–Crippen MR) is 125 cm³/mol. The minimum absolute atomic E-state index is 0.217. The first kappa shape index (κ1) is 23.9. The third kappa shape index (κ3) is 8.54. The van der Waals surface area contributed by atoms with Crippen LogP contribution in [0.15, 0.2) is 61.2 Å². The second-order valence-corrected chi connectivity index (χ2v) is 7.59. The molecule has 0 heterocycles. The monoisotopic (exact) mass is 410 g/mol. The molecule has 162 valence electrons. The second-order valence-electron chi connectivity index (χ2n) is 7.59. The zero-order valence-electron chi connectivity index (χ0n) is 18.4. The number of halogens is 1. The maximum absolute atomic E-state index is 14.6. The van der Waals surface area contributed by atoms with Gasteiger partial charge in [-0.3, -0.25) is 0 Å². The Morgan fingerprint density at radius 1 is 1.07 bits per heavy atom. The summed E-state index contributed by atoms with van der Waals surface area (Å²) >= 11 is 0. The van der Waals surface area contributed by atoms with Crippen LogP contribution in [0.5, 0.6) is 5.75 Å². The smallest absolute Gasteiger partial charge is 0.131 e. The summed E-state index contributed by atoms with van der Waals surface area (Å²) in [5, 5.41) is 0. The number of benzene rings is 2. The van der Waals surface area contributed by atoms with Crippen molar-refractivity contribution in [1.29, 1.82) is 0 Å². The van der Waals surface area contributed by atoms with E-state index in [1.165, 1.54) is 12.8 Å². The van der Waals surface area contributed by atoms with Crippen molar-refractivity contribution in [3.8, 4) is 16.9 Å². The van der Waals surface area contributed by atoms with Crippen molar-refractivity contribution in [1.82, 2.24) is 0 Å². The molecule has 0 aliphatic carbocycles. The summed E-state index contributed by atoms with van der Waals surface area (Å²) in [5.41, 5.74) is 2.31. The van der Waals surface area contributed by atoms with E-state index in [2.05, 4.69) is 26.5 Å². The van der Waals surface area contributed by atoms with Crippen LogP contribution in [0.2, 0.25) is 0 Å². The quantitative estimate of drug-likeness (QED) is 0.233. The van der Waals surface area contributed by atoms with Gasteiger partial charge in [0.1, 0.15) is 18.2 Å². The number of hydrogen-bond acceptors (Lipinski definition) is 2. The first-order chi connectivity index (χ1) is 14.6. The Morgan fingerprint density at radius 3 is 2.57 bits per heavy atom. The van der Waals surface area contributed by atoms with E-state index in [4.69, 9.17) is 9.47 Å². The van der Waals surface area contributed by atoms with Crippen molar-refractivity contribution in [3.05, 3.63) is 72.6 Å². The van der Waals surface area contributed by atoms with Crippen molar-refractivity contribution in [3.63, 3.8) is 0 Å². The third-order valence-electron chi connectivity index (χ3n) is 4.97. The summed E-state index contributed by atoms with van der Waals surface area (Å²) in [5.74, 6) is 0.533. The molecule has 0 spiro atoms. The highest BCUT2D eigenvalue weighted by Crippen LogP contribution is 2.26. The Hall–Kier alpha value is -2.39. The molecule has 2 rings (SSSR count). The standard InChI is InChI=1S/C27H35FO2/c1-4-6-10-20-29-22(3)11-8-7-9-12-23-13-18-26(27(28)21-23)24-14-16-25(17-15-24)30-19-5-2/h5,9,12-18,21-22H,2,4,6-8,10-11,19-20H2,1,3H3. The molecule has 0 fully saturated rings. The summed E-state index contributed by atoms with van der Waals surface area (Å²) in [6.07, 6.45) is 12.8. The van der Waals surface area contributed by atoms with Gasteiger partial charge < -0.3 is 9.47 Å². The maximum Gasteiger partial charge on any atom is 0.131 e. The van der Waals surface area contributed by atoms with Gasteiger partial charge in [0.25, 0.3) is 0 Å². The lowest BCUT2D eigenvalue weighted by atomic mass is 10.0. The molecule has 0 saturated heterocycles. The molecule has 3 heteroatoms. The average molecular weight is 411 g/mol. The van der Waals surface area contributed by atoms with Gasteiger partial charge in [-0.15, -0.1) is 0 Å². The lowest BCUT2D eigenvalue weighted by Crippen LogP contribution is -2.08. The van der Waals surface area contributed by atoms with Gasteiger partial charge in [-0.05, 0) is 61.9 Å². The van der Waals surface area contributed by atoms with Crippen molar-refractivity contribution in [2.24, 2.45) is 0 Å². The van der Waals surface area contributed by atoms with Crippen LogP contribution in [-0.4, -0.2) is 19.3 Å². The summed E-state index contributed by atoms with van der Waals surface area (Å²) in [6, 6.07) is 12.8. The largest absolute Gasteiger partial charge is 0.490 e. The Labute approximate surface area is 181 Å². The molecule has 2 aromatic rings. The summed E-state index contributed by atoms with van der Waals surface area (Å²) in [4.78, 5) is 0. The fraction of sp³-hybridized carbons (Fsp3) is 0.407. The first-order valence-corrected chi connectivity index (χ1v) is 11.1. The minimum atomic E-state index is -0.217. The van der Waals surface area contributed by atoms with E-state index in [-0.39, 0.29) is 5.82 Å². The number of allylic oxidation sites excluding steroid dienone is 1. The summed E-state index contributed by atoms with van der Waals surface area (Å²) < 4.78 is 25.9. The lowest BCUT2D eigenvalue weighted by Gasteiger charge is -2.12. The number of hydrogen-bond donors (Lipinski definition) is 0. The molecule has 0 saturated carbocycles. The Kier molecular flexibility index (Phi) is 11.0. The Bertz CT molecular complexity index is 780. The van der Waals surface area contributed by atoms with E-state index in [0.29, 0.717) is 18.3 Å². The molecule has 0 radical (unpaired) electrons. The fourth-order valence-electron chi connectivity index (χ4n) is 3.22. The zero-order valence-corrected chi connectivity index (χ0v) is 18.4. The molecule has 0 N–H and O–H groups in total. The first-order valence-electron chi connectivity index (χ1n) is 11.1. The van der Waals surface area contributed by atoms with Gasteiger partial charge in [0.2, 0.25) is 0 Å². The van der Waals surface area contributed by atoms with Gasteiger partial charge in [0.05, 0.1) is 6.10 Å². The highest BCUT2D eigenvalue weighted by atomic mass is 19.1. The van der Waals surface area contributed by atoms with E-state index in [1.807, 2.05) is 42.5 Å². The molecule has 0 bridgehead atoms. The zero-order chi connectivity index (χ0) is 21.6. The van der Waals surface area contributed by atoms with E-state index in [1.54, 1.807) is 12.1 Å². The molecule has 1 atom stereocenters. The van der Waals surface area contributed by atoms with Gasteiger partial charge in [0.15, 0.2) is 0 Å². The molecule has 0 aromatic heterocycles. The normalized spacial score (nSPS) is 12.2. The van der Waals surface area contributed by atoms with Crippen LogP contribution in [0.25, 0.3) is 17.2 Å². The predicted octanol–water partition coefficient (Wildman–Crippen LogP) is 7.84. The number of unbranched alkanes of at least 4 members (excludes halogenated alkanes) is 3. The van der Waals surface area contributed by atoms with Crippen LogP contribution in [0.4, 0.5) is 4.39 Å². The lowest BCUT2D eigenvalue weighted by molar-refractivity contribution is 0.0566. The van der Waals surface area contributed by atoms with E-state index in [0.717, 1.165) is 49.2 Å². The Morgan fingerprint density at radius 2 is 1.87 bits per heavy atom. The van der Waals surface area contributed by atoms with E-state index < -0.39 is 0 Å². The van der Waals surface area contributed by atoms with Crippen LogP contribution >= 0.6 is 0 Å². The van der Waals surface area contributed by atoms with Gasteiger partial charge >= 0.3 is 0 Å². The summed E-state index contributed by atoms with van der Waals surface area (Å²) in [6.45, 7) is 9.29. The van der Waals surface area contributed by atoms with Crippen molar-refractivity contribution in [2.45, 2.75) is 58.5 Å². The van der Waals surface area contributed by atoms with Gasteiger partial charge in [-0.1, -0.05) is 68.8 Å². The summed E-state index contributed by atoms with van der Waals surface area (Å²) in [7, 11) is 0. The molecule has 2 nitrogen and oxygen atoms in total. The van der Waals surface area contributed by atoms with Crippen LogP contribution in [0, 0.1) is 5.82 Å². The molecule has 0 aliphatic heterocycles. The molecule has 0 amide bonds. The molecule has 0 aliphatic rings. The molecule has 2 aromatic carbocycles. The van der Waals surface area contributed by atoms with E-state index in [9.17, 15) is 4.39 Å². The minimum Gasteiger partial charge on any atom is -0.490 e. The fourth-order valence-corrected chi connectivity index (χ4v) is 3.22. The van der Waals surface area contributed by atoms with Crippen molar-refractivity contribution >= 4 is 6.08 Å². The van der Waals surface area contributed by atoms with Gasteiger partial charge in [-0.25, -0.2) is 4.39 Å². The van der Waals surface area contributed by atoms with E-state index >= 15 is 0 Å². The number of rotatable bonds is 14. The molecular formula is C27H35FO2. The average Bonchev–Trinajstić information content (AvgIpc) is 2.75. The molecule has 1 unspecified atom stereocenters. The third-order valence-corrected chi connectivity index (χ3v) is 4.97. The second kappa shape index (κ2) is 13.8. The van der Waals surface area contributed by atoms with Crippen LogP contribution in [0.3, 0.4) is 0 Å². The SMILES string of the molecule is C=CCOc1ccc(-c2ccc(C=CCCCC(C)OCCCCC)cc2F)cc1. The molecular weight excluding hydrogens is 375 g/mol. The topological polar surface area (TPSA) is 18.5 Å². The van der Waals surface area contributed by atoms with Crippen molar-refractivity contribution in [2.75, 3.05) is 13.2 Å². The Balaban J connectivity index is 1.80. The number of ether oxygens (including phenoxy) is 2. The van der Waals surface area contributed by atoms with Gasteiger partial charge in [-0.2, -0.15) is 0 Å². The van der Waals surface area contributed by atoms with Crippen LogP contribution < -0.4 is 4.74 Å². The van der Waals surface area contributed by atoms with Crippen molar-refractivity contribution < 1.29 is 13.9 Å². The molecule has 30 heavy (non-hydrogen) atoms. The van der Waals surface area contributed by atoms with Crippen LogP contribution in [0.1, 0.15) is 57.9 Å². The van der Waals surface area contributed by atoms with Gasteiger partial charge in [0, 0.05) is 12.2 Å². The maximum atomic E-state index is 14.6. The van der Waals surface area contributed by atoms with Crippen LogP contribution in [-0.2, 0) is 4.74 Å².